The second-order valence-corrected chi connectivity index (χ2v) is 7.64. The second-order valence-electron chi connectivity index (χ2n) is 6.78. The van der Waals surface area contributed by atoms with Gasteiger partial charge >= 0.3 is 6.09 Å². The zero-order valence-electron chi connectivity index (χ0n) is 14.0. The fraction of sp³-hybridized carbons (Fsp3) is 0.444. The molecule has 3 saturated heterocycles. The minimum absolute atomic E-state index is 0.245. The summed E-state index contributed by atoms with van der Waals surface area (Å²) in [6.45, 7) is 4.69. The lowest BCUT2D eigenvalue weighted by Gasteiger charge is -2.47. The Bertz CT molecular complexity index is 786. The molecule has 0 saturated carbocycles. The Morgan fingerprint density at radius 2 is 2.04 bits per heavy atom. The highest BCUT2D eigenvalue weighted by molar-refractivity contribution is 7.13. The van der Waals surface area contributed by atoms with Crippen LogP contribution in [0.25, 0.3) is 10.4 Å². The lowest BCUT2D eigenvalue weighted by atomic mass is 9.83. The van der Waals surface area contributed by atoms with E-state index in [1.807, 2.05) is 0 Å². The highest BCUT2D eigenvalue weighted by Gasteiger charge is 2.42. The van der Waals surface area contributed by atoms with Crippen LogP contribution >= 0.6 is 11.3 Å². The maximum absolute atomic E-state index is 13.5. The van der Waals surface area contributed by atoms with Gasteiger partial charge in [0, 0.05) is 38.9 Å². The third-order valence-corrected chi connectivity index (χ3v) is 6.04. The Balaban J connectivity index is 1.49. The van der Waals surface area contributed by atoms with Crippen molar-refractivity contribution in [2.45, 2.75) is 31.8 Å². The predicted octanol–water partition coefficient (Wildman–Crippen LogP) is 4.04. The first kappa shape index (κ1) is 16.5. The molecule has 0 radical (unpaired) electrons. The first-order chi connectivity index (χ1) is 12.0. The van der Waals surface area contributed by atoms with Crippen molar-refractivity contribution in [2.75, 3.05) is 25.0 Å². The van der Waals surface area contributed by atoms with Crippen LogP contribution in [0.15, 0.2) is 23.7 Å². The molecule has 1 aromatic heterocycles. The van der Waals surface area contributed by atoms with Crippen LogP contribution in [0.1, 0.15) is 24.8 Å². The van der Waals surface area contributed by atoms with E-state index < -0.39 is 6.09 Å². The van der Waals surface area contributed by atoms with Gasteiger partial charge in [-0.05, 0) is 30.2 Å². The molecule has 2 aromatic rings. The van der Waals surface area contributed by atoms with Gasteiger partial charge in [0.1, 0.15) is 11.4 Å². The van der Waals surface area contributed by atoms with Crippen molar-refractivity contribution in [3.8, 4) is 10.4 Å². The smallest absolute Gasteiger partial charge is 0.413 e. The van der Waals surface area contributed by atoms with Crippen molar-refractivity contribution in [2.24, 2.45) is 0 Å². The Morgan fingerprint density at radius 1 is 1.32 bits per heavy atom. The summed E-state index contributed by atoms with van der Waals surface area (Å²) in [6, 6.07) is 4.89. The van der Waals surface area contributed by atoms with Gasteiger partial charge in [-0.1, -0.05) is 6.07 Å². The highest BCUT2D eigenvalue weighted by atomic mass is 32.1. The summed E-state index contributed by atoms with van der Waals surface area (Å²) in [5.74, 6) is 0.218. The van der Waals surface area contributed by atoms with Gasteiger partial charge in [0.25, 0.3) is 0 Å². The molecule has 2 bridgehead atoms. The number of rotatable bonds is 3. The fourth-order valence-electron chi connectivity index (χ4n) is 3.59. The van der Waals surface area contributed by atoms with Crippen LogP contribution < -0.4 is 5.32 Å². The quantitative estimate of drug-likeness (QED) is 0.896. The van der Waals surface area contributed by atoms with Crippen molar-refractivity contribution in [1.82, 2.24) is 9.88 Å². The topological polar surface area (TPSA) is 54.5 Å². The second kappa shape index (κ2) is 6.38. The number of carbonyl (C=O) groups is 1. The number of hydrogen-bond acceptors (Lipinski definition) is 5. The first-order valence-electron chi connectivity index (χ1n) is 8.47. The van der Waals surface area contributed by atoms with E-state index >= 15 is 0 Å². The molecule has 0 spiro atoms. The number of amides is 1. The van der Waals surface area contributed by atoms with E-state index in [-0.39, 0.29) is 11.4 Å². The number of aromatic nitrogens is 1. The Morgan fingerprint density at radius 3 is 2.72 bits per heavy atom. The molecule has 3 fully saturated rings. The van der Waals surface area contributed by atoms with E-state index in [1.165, 1.54) is 17.4 Å². The van der Waals surface area contributed by atoms with Crippen molar-refractivity contribution in [3.63, 3.8) is 0 Å². The van der Waals surface area contributed by atoms with Crippen LogP contribution in [0, 0.1) is 12.7 Å². The molecule has 3 aliphatic rings. The van der Waals surface area contributed by atoms with Crippen LogP contribution in [0.3, 0.4) is 0 Å². The summed E-state index contributed by atoms with van der Waals surface area (Å²) in [5, 5.41) is 2.78. The minimum Gasteiger partial charge on any atom is -0.443 e. The highest BCUT2D eigenvalue weighted by Crippen LogP contribution is 2.36. The molecular weight excluding hydrogens is 341 g/mol. The van der Waals surface area contributed by atoms with Gasteiger partial charge in [-0.15, -0.1) is 11.3 Å². The fourth-order valence-corrected chi connectivity index (χ4v) is 4.34. The van der Waals surface area contributed by atoms with E-state index in [0.29, 0.717) is 11.4 Å². The SMILES string of the molecule is Cc1cc(-c2scnc2NC(=O)OC23CCN(CC2)CC3)ccc1F. The number of thiazole rings is 1. The van der Waals surface area contributed by atoms with E-state index in [1.54, 1.807) is 24.6 Å². The molecule has 0 atom stereocenters. The summed E-state index contributed by atoms with van der Waals surface area (Å²) in [7, 11) is 0. The summed E-state index contributed by atoms with van der Waals surface area (Å²) in [4.78, 5) is 19.9. The summed E-state index contributed by atoms with van der Waals surface area (Å²) in [5.41, 5.74) is 2.73. The summed E-state index contributed by atoms with van der Waals surface area (Å²) < 4.78 is 19.3. The maximum Gasteiger partial charge on any atom is 0.413 e. The number of ether oxygens (including phenoxy) is 1. The number of benzene rings is 1. The third kappa shape index (κ3) is 3.26. The molecule has 4 heterocycles. The van der Waals surface area contributed by atoms with E-state index in [2.05, 4.69) is 15.2 Å². The van der Waals surface area contributed by atoms with Gasteiger partial charge < -0.3 is 9.64 Å². The summed E-state index contributed by atoms with van der Waals surface area (Å²) >= 11 is 1.41. The zero-order valence-corrected chi connectivity index (χ0v) is 14.9. The molecule has 1 aromatic carbocycles. The Kier molecular flexibility index (Phi) is 4.21. The van der Waals surface area contributed by atoms with Crippen LogP contribution in [0.4, 0.5) is 15.0 Å². The lowest BCUT2D eigenvalue weighted by molar-refractivity contribution is -0.0742. The number of fused-ring (bicyclic) bond motifs is 3. The third-order valence-electron chi connectivity index (χ3n) is 5.17. The number of piperidine rings is 3. The average Bonchev–Trinajstić information content (AvgIpc) is 3.06. The number of nitrogens with one attached hydrogen (secondary N) is 1. The van der Waals surface area contributed by atoms with Gasteiger partial charge in [0.05, 0.1) is 10.4 Å². The molecule has 0 aliphatic carbocycles. The van der Waals surface area contributed by atoms with Gasteiger partial charge in [0.2, 0.25) is 0 Å². The van der Waals surface area contributed by atoms with Crippen LogP contribution in [0.2, 0.25) is 0 Å². The van der Waals surface area contributed by atoms with E-state index in [9.17, 15) is 9.18 Å². The van der Waals surface area contributed by atoms with Crippen LogP contribution in [-0.4, -0.2) is 41.2 Å². The molecule has 5 nitrogen and oxygen atoms in total. The molecule has 132 valence electrons. The number of aryl methyl sites for hydroxylation is 1. The maximum atomic E-state index is 13.5. The van der Waals surface area contributed by atoms with Gasteiger partial charge in [0.15, 0.2) is 5.82 Å². The van der Waals surface area contributed by atoms with Crippen molar-refractivity contribution < 1.29 is 13.9 Å². The minimum atomic E-state index is -0.457. The molecule has 25 heavy (non-hydrogen) atoms. The number of hydrogen-bond donors (Lipinski definition) is 1. The predicted molar refractivity (Wildman–Crippen MR) is 95.4 cm³/mol. The Labute approximate surface area is 149 Å². The van der Waals surface area contributed by atoms with Gasteiger partial charge in [-0.25, -0.2) is 14.2 Å². The molecule has 1 N–H and O–H groups in total. The lowest BCUT2D eigenvalue weighted by Crippen LogP contribution is -2.54. The molecule has 5 rings (SSSR count). The molecule has 1 amide bonds. The molecular formula is C18H20FN3O2S. The largest absolute Gasteiger partial charge is 0.443 e. The van der Waals surface area contributed by atoms with Gasteiger partial charge in [-0.3, -0.25) is 5.32 Å². The monoisotopic (exact) mass is 361 g/mol. The molecule has 0 unspecified atom stereocenters. The van der Waals surface area contributed by atoms with Crippen LogP contribution in [0.5, 0.6) is 0 Å². The number of nitrogens with zero attached hydrogens (tertiary/aromatic N) is 2. The molecule has 7 heteroatoms. The van der Waals surface area contributed by atoms with E-state index in [4.69, 9.17) is 4.74 Å². The normalized spacial score (nSPS) is 25.0. The Hall–Kier alpha value is -1.99. The number of halogens is 1. The van der Waals surface area contributed by atoms with Gasteiger partial charge in [-0.2, -0.15) is 0 Å². The van der Waals surface area contributed by atoms with Crippen molar-refractivity contribution in [3.05, 3.63) is 35.1 Å². The molecule has 3 aliphatic heterocycles. The van der Waals surface area contributed by atoms with Crippen LogP contribution in [-0.2, 0) is 4.74 Å². The number of carbonyl (C=O) groups excluding carboxylic acids is 1. The first-order valence-corrected chi connectivity index (χ1v) is 9.35. The standard InChI is InChI=1S/C18H20FN3O2S/c1-12-10-13(2-3-14(12)19)15-16(20-11-25-15)21-17(23)24-18-4-7-22(8-5-18)9-6-18/h2-3,10-11H,4-9H2,1H3,(H,21,23). The van der Waals surface area contributed by atoms with Crippen molar-refractivity contribution in [1.29, 1.82) is 0 Å². The van der Waals surface area contributed by atoms with E-state index in [0.717, 1.165) is 49.3 Å². The number of anilines is 1. The summed E-state index contributed by atoms with van der Waals surface area (Å²) in [6.07, 6.45) is 2.21. The average molecular weight is 361 g/mol. The zero-order chi connectivity index (χ0) is 17.4. The van der Waals surface area contributed by atoms with Crippen molar-refractivity contribution >= 4 is 23.2 Å².